The Balaban J connectivity index is 1.82. The lowest BCUT2D eigenvalue weighted by Crippen LogP contribution is -2.63. The molecule has 0 radical (unpaired) electrons. The number of alkyl halides is 3. The van der Waals surface area contributed by atoms with Crippen molar-refractivity contribution >= 4 is 70.7 Å². The number of likely N-dealkylation sites (N-methyl/N-ethyl adjacent to an activating group) is 7. The summed E-state index contributed by atoms with van der Waals surface area (Å²) in [6, 6.07) is 3.16. The molecule has 2 aromatic carbocycles. The van der Waals surface area contributed by atoms with E-state index in [0.29, 0.717) is 18.4 Å². The van der Waals surface area contributed by atoms with Crippen molar-refractivity contribution in [3.05, 3.63) is 69.7 Å². The number of aryl methyl sites for hydroxylation is 2. The van der Waals surface area contributed by atoms with Gasteiger partial charge in [0, 0.05) is 68.2 Å². The van der Waals surface area contributed by atoms with Gasteiger partial charge in [-0.3, -0.25) is 53.3 Å². The number of halogens is 4. The molecule has 2 aliphatic heterocycles. The molecule has 4 rings (SSSR count). The minimum absolute atomic E-state index is 0.0292. The highest BCUT2D eigenvalue weighted by Crippen LogP contribution is 2.36. The van der Waals surface area contributed by atoms with Gasteiger partial charge in [0.25, 0.3) is 0 Å². The number of nitrogens with zero attached hydrogens (tertiary/aromatic N) is 7. The Labute approximate surface area is 553 Å². The molecule has 2 heterocycles. The Kier molecular flexibility index (Phi) is 28.7. The van der Waals surface area contributed by atoms with E-state index < -0.39 is 150 Å². The van der Waals surface area contributed by atoms with Crippen LogP contribution in [0.2, 0.25) is 5.02 Å². The highest BCUT2D eigenvalue weighted by atomic mass is 35.5. The number of fused-ring (bicyclic) bond motifs is 1. The average Bonchev–Trinajstić information content (AvgIpc) is 1.70. The minimum Gasteiger partial charge on any atom is -0.351 e. The molecule has 0 aliphatic carbocycles. The van der Waals surface area contributed by atoms with Gasteiger partial charge in [0.1, 0.15) is 42.0 Å². The number of nitrogens with one attached hydrogen (secondary N) is 4. The van der Waals surface area contributed by atoms with E-state index in [1.54, 1.807) is 51.9 Å². The number of ether oxygens (including phenoxy) is 1. The lowest BCUT2D eigenvalue weighted by Gasteiger charge is -2.39. The number of benzene rings is 2. The molecule has 22 nitrogen and oxygen atoms in total. The predicted molar refractivity (Wildman–Crippen MR) is 349 cm³/mol. The zero-order chi connectivity index (χ0) is 70.5. The molecular formula is C67H103ClF3N11O11. The molecular weight excluding hydrogens is 1230 g/mol. The number of epoxide rings is 1. The summed E-state index contributed by atoms with van der Waals surface area (Å²) in [5.74, 6) is -6.81. The van der Waals surface area contributed by atoms with Gasteiger partial charge in [-0.15, -0.1) is 0 Å². The summed E-state index contributed by atoms with van der Waals surface area (Å²) < 4.78 is 47.5. The van der Waals surface area contributed by atoms with E-state index in [0.717, 1.165) is 32.4 Å². The first-order valence-electron chi connectivity index (χ1n) is 32.1. The Bertz CT molecular complexity index is 2970. The van der Waals surface area contributed by atoms with Crippen molar-refractivity contribution in [2.75, 3.05) is 69.0 Å². The molecule has 93 heavy (non-hydrogen) atoms. The van der Waals surface area contributed by atoms with E-state index in [4.69, 9.17) is 16.3 Å². The average molecular weight is 1330 g/mol. The van der Waals surface area contributed by atoms with E-state index in [9.17, 15) is 61.1 Å². The van der Waals surface area contributed by atoms with E-state index >= 15 is 0 Å². The van der Waals surface area contributed by atoms with Crippen LogP contribution in [0.15, 0.2) is 42.5 Å². The normalized spacial score (nSPS) is 25.5. The van der Waals surface area contributed by atoms with Gasteiger partial charge in [-0.05, 0) is 107 Å². The molecule has 0 saturated carbocycles. The van der Waals surface area contributed by atoms with Crippen LogP contribution in [0.25, 0.3) is 0 Å². The third-order valence-corrected chi connectivity index (χ3v) is 18.2. The van der Waals surface area contributed by atoms with Gasteiger partial charge in [-0.1, -0.05) is 109 Å². The molecule has 0 spiro atoms. The second-order valence-electron chi connectivity index (χ2n) is 27.4. The van der Waals surface area contributed by atoms with Crippen LogP contribution in [-0.2, 0) is 71.7 Å². The highest BCUT2D eigenvalue weighted by molar-refractivity contribution is 6.31. The molecule has 2 aliphatic rings. The molecule has 2 saturated heterocycles. The molecule has 10 unspecified atom stereocenters. The zero-order valence-corrected chi connectivity index (χ0v) is 58.7. The summed E-state index contributed by atoms with van der Waals surface area (Å²) in [6.45, 7) is 20.2. The fraction of sp³-hybridized carbons (Fsp3) is 0.672. The van der Waals surface area contributed by atoms with E-state index in [2.05, 4.69) is 21.3 Å². The van der Waals surface area contributed by atoms with Gasteiger partial charge in [-0.25, -0.2) is 0 Å². The smallest absolute Gasteiger partial charge is 0.351 e. The SMILES string of the molecule is CCC(C)C1NC2OC2C(CC(C)C)N(C)C(=O)CC(C)N(C)C(=O)C(CC(C)C)NC(=O)C(C)(C)N(C)C(=O)C(CC(C)C)NC(=O)C(CCc2ccc(C(F)(F)F)c(Cl)c2)NC(=O)CN(C)C(=O)C(Cc2ccc(C)cc2)N(C)C(=O)CN(C)C(=O)CN(C)C1=O. The van der Waals surface area contributed by atoms with Crippen LogP contribution >= 0.6 is 11.6 Å². The van der Waals surface area contributed by atoms with Crippen molar-refractivity contribution in [1.82, 2.24) is 55.6 Å². The van der Waals surface area contributed by atoms with Crippen molar-refractivity contribution < 1.29 is 65.9 Å². The third-order valence-electron chi connectivity index (χ3n) is 17.9. The number of hydrogen-bond acceptors (Lipinski definition) is 12. The van der Waals surface area contributed by atoms with Crippen molar-refractivity contribution in [1.29, 1.82) is 0 Å². The molecule has 10 amide bonds. The molecule has 10 atom stereocenters. The summed E-state index contributed by atoms with van der Waals surface area (Å²) in [4.78, 5) is 154. The van der Waals surface area contributed by atoms with Crippen LogP contribution < -0.4 is 21.3 Å². The Morgan fingerprint density at radius 1 is 0.634 bits per heavy atom. The number of carbonyl (C=O) groups is 10. The molecule has 2 aromatic rings. The maximum atomic E-state index is 14.8. The maximum Gasteiger partial charge on any atom is 0.417 e. The van der Waals surface area contributed by atoms with Gasteiger partial charge in [0.2, 0.25) is 59.1 Å². The van der Waals surface area contributed by atoms with Crippen LogP contribution in [0.3, 0.4) is 0 Å². The summed E-state index contributed by atoms with van der Waals surface area (Å²) in [6.07, 6.45) is -5.11. The third kappa shape index (κ3) is 22.1. The zero-order valence-electron chi connectivity index (χ0n) is 58.0. The number of rotatable bonds is 13. The van der Waals surface area contributed by atoms with Crippen LogP contribution in [0.5, 0.6) is 0 Å². The highest BCUT2D eigenvalue weighted by Gasteiger charge is 2.50. The Morgan fingerprint density at radius 2 is 1.18 bits per heavy atom. The second kappa shape index (κ2) is 34.0. The van der Waals surface area contributed by atoms with Gasteiger partial charge in [0.15, 0.2) is 0 Å². The summed E-state index contributed by atoms with van der Waals surface area (Å²) >= 11 is 6.10. The summed E-state index contributed by atoms with van der Waals surface area (Å²) in [5, 5.41) is 11.1. The van der Waals surface area contributed by atoms with Crippen LogP contribution in [0.1, 0.15) is 137 Å². The predicted octanol–water partition coefficient (Wildman–Crippen LogP) is 5.68. The molecule has 520 valence electrons. The van der Waals surface area contributed by atoms with Gasteiger partial charge >= 0.3 is 6.18 Å². The van der Waals surface area contributed by atoms with Gasteiger partial charge in [-0.2, -0.15) is 13.2 Å². The van der Waals surface area contributed by atoms with Gasteiger partial charge < -0.3 is 55.0 Å². The number of amides is 10. The Hall–Kier alpha value is -6.86. The molecule has 4 N–H and O–H groups in total. The van der Waals surface area contributed by atoms with E-state index in [-0.39, 0.29) is 73.7 Å². The van der Waals surface area contributed by atoms with Crippen molar-refractivity contribution in [2.45, 2.75) is 201 Å². The van der Waals surface area contributed by atoms with Crippen LogP contribution in [-0.4, -0.2) is 223 Å². The van der Waals surface area contributed by atoms with Crippen molar-refractivity contribution in [3.8, 4) is 0 Å². The quantitative estimate of drug-likeness (QED) is 0.177. The number of hydrogen-bond donors (Lipinski definition) is 4. The standard InChI is InChI=1S/C67H103ClF3N11O11/c1-20-42(9)57-64(91)78(15)36-55(85)76(13)37-56(86)81(18)52(34-45-23-21-41(8)22-24-45)63(90)77(14)35-53(83)72-48(28-26-44-25-27-46(47(68)33-44)67(69,70)71)59(87)73-50(30-39(4)5)62(89)82(19)66(11,12)65(92)74-49(29-38(2)3)61(88)79(16)43(10)32-54(84)80(17)51(31-40(6)7)58-60(75-57)93-58/h21-25,27,33,38-40,42-43,48-52,57-58,60,75H,20,26,28-32,34-37H2,1-19H3,(H,72,83)(H,73,87)(H,74,92). The largest absolute Gasteiger partial charge is 0.417 e. The topological polar surface area (TPSA) is 254 Å². The lowest BCUT2D eigenvalue weighted by molar-refractivity contribution is -0.148. The van der Waals surface area contributed by atoms with Gasteiger partial charge in [0.05, 0.1) is 42.3 Å². The van der Waals surface area contributed by atoms with Crippen LogP contribution in [0, 0.1) is 30.6 Å². The fourth-order valence-corrected chi connectivity index (χ4v) is 11.4. The first kappa shape index (κ1) is 78.6. The van der Waals surface area contributed by atoms with Crippen LogP contribution in [0.4, 0.5) is 13.2 Å². The maximum absolute atomic E-state index is 14.8. The minimum atomic E-state index is -4.76. The van der Waals surface area contributed by atoms with Crippen molar-refractivity contribution in [2.24, 2.45) is 23.7 Å². The monoisotopic (exact) mass is 1330 g/mol. The Morgan fingerprint density at radius 3 is 1.73 bits per heavy atom. The molecule has 0 aromatic heterocycles. The first-order valence-corrected chi connectivity index (χ1v) is 32.5. The molecule has 26 heteroatoms. The second-order valence-corrected chi connectivity index (χ2v) is 27.8. The lowest BCUT2D eigenvalue weighted by atomic mass is 9.95. The molecule has 0 bridgehead atoms. The molecule has 2 fully saturated rings. The fourth-order valence-electron chi connectivity index (χ4n) is 11.1. The summed E-state index contributed by atoms with van der Waals surface area (Å²) in [7, 11) is 10.2. The van der Waals surface area contributed by atoms with E-state index in [1.165, 1.54) is 69.9 Å². The first-order chi connectivity index (χ1) is 43.1. The number of carbonyl (C=O) groups excluding carboxylic acids is 10. The van der Waals surface area contributed by atoms with Crippen molar-refractivity contribution in [3.63, 3.8) is 0 Å². The summed E-state index contributed by atoms with van der Waals surface area (Å²) in [5.41, 5.74) is -0.909. The van der Waals surface area contributed by atoms with E-state index in [1.807, 2.05) is 60.6 Å².